The van der Waals surface area contributed by atoms with Crippen LogP contribution in [0.2, 0.25) is 0 Å². The van der Waals surface area contributed by atoms with E-state index < -0.39 is 11.6 Å². The second-order valence-corrected chi connectivity index (χ2v) is 10.0. The summed E-state index contributed by atoms with van der Waals surface area (Å²) >= 11 is 2.96. The minimum absolute atomic E-state index is 0.0287. The van der Waals surface area contributed by atoms with Gasteiger partial charge >= 0.3 is 6.18 Å². The molecule has 3 aromatic heterocycles. The van der Waals surface area contributed by atoms with Crippen LogP contribution in [0.3, 0.4) is 0 Å². The van der Waals surface area contributed by atoms with E-state index in [2.05, 4.69) is 42.0 Å². The van der Waals surface area contributed by atoms with Crippen molar-refractivity contribution >= 4 is 42.3 Å². The lowest BCUT2D eigenvalue weighted by Crippen LogP contribution is -2.33. The van der Waals surface area contributed by atoms with E-state index in [1.165, 1.54) is 25.2 Å². The highest BCUT2D eigenvalue weighted by molar-refractivity contribution is 7.32. The lowest BCUT2D eigenvalue weighted by Gasteiger charge is -2.26. The SMILES string of the molecule is Cc1cc(C)cc(-c2ncnc3c2sc2cc(CC(C)(C)C(F)(F)F)sc23)c1. The van der Waals surface area contributed by atoms with Crippen LogP contribution in [0, 0.1) is 19.3 Å². The normalized spacial score (nSPS) is 13.0. The van der Waals surface area contributed by atoms with E-state index in [1.807, 2.05) is 6.07 Å². The van der Waals surface area contributed by atoms with Crippen molar-refractivity contribution in [2.24, 2.45) is 5.41 Å². The number of alkyl halides is 3. The van der Waals surface area contributed by atoms with E-state index in [0.717, 1.165) is 46.9 Å². The molecule has 0 radical (unpaired) electrons. The molecule has 28 heavy (non-hydrogen) atoms. The third kappa shape index (κ3) is 3.31. The van der Waals surface area contributed by atoms with E-state index in [0.29, 0.717) is 0 Å². The van der Waals surface area contributed by atoms with Crippen molar-refractivity contribution < 1.29 is 13.2 Å². The second-order valence-electron chi connectivity index (χ2n) is 7.84. The molecule has 0 unspecified atom stereocenters. The summed E-state index contributed by atoms with van der Waals surface area (Å²) in [6, 6.07) is 8.19. The van der Waals surface area contributed by atoms with Gasteiger partial charge in [0.1, 0.15) is 11.8 Å². The first kappa shape index (κ1) is 19.3. The predicted octanol–water partition coefficient (Wildman–Crippen LogP) is 7.32. The molecule has 0 aliphatic heterocycles. The number of rotatable bonds is 3. The molecule has 4 rings (SSSR count). The van der Waals surface area contributed by atoms with Crippen LogP contribution in [-0.2, 0) is 6.42 Å². The Kier molecular flexibility index (Phi) is 4.50. The second kappa shape index (κ2) is 6.52. The molecule has 1 aromatic carbocycles. The maximum atomic E-state index is 13.2. The molecule has 0 spiro atoms. The minimum atomic E-state index is -4.23. The molecule has 0 saturated carbocycles. The molecule has 0 amide bonds. The Morgan fingerprint density at radius 2 is 1.57 bits per heavy atom. The summed E-state index contributed by atoms with van der Waals surface area (Å²) < 4.78 is 42.6. The molecular formula is C21H19F3N2S2. The van der Waals surface area contributed by atoms with E-state index in [-0.39, 0.29) is 6.42 Å². The fourth-order valence-electron chi connectivity index (χ4n) is 3.35. The van der Waals surface area contributed by atoms with Crippen molar-refractivity contribution in [2.45, 2.75) is 40.3 Å². The summed E-state index contributed by atoms with van der Waals surface area (Å²) in [6.07, 6.45) is -2.72. The van der Waals surface area contributed by atoms with E-state index in [4.69, 9.17) is 0 Å². The Morgan fingerprint density at radius 1 is 0.893 bits per heavy atom. The van der Waals surface area contributed by atoms with Gasteiger partial charge in [0.25, 0.3) is 0 Å². The number of aryl methyl sites for hydroxylation is 2. The van der Waals surface area contributed by atoms with Gasteiger partial charge in [0.15, 0.2) is 0 Å². The summed E-state index contributed by atoms with van der Waals surface area (Å²) in [5, 5.41) is 0. The molecule has 2 nitrogen and oxygen atoms in total. The van der Waals surface area contributed by atoms with Gasteiger partial charge in [-0.05, 0) is 38.5 Å². The van der Waals surface area contributed by atoms with Gasteiger partial charge in [-0.1, -0.05) is 31.0 Å². The molecular weight excluding hydrogens is 401 g/mol. The Hall–Kier alpha value is -1.99. The van der Waals surface area contributed by atoms with Crippen molar-refractivity contribution in [1.29, 1.82) is 0 Å². The Bertz CT molecular complexity index is 1170. The molecule has 0 aliphatic rings. The molecule has 0 bridgehead atoms. The lowest BCUT2D eigenvalue weighted by molar-refractivity contribution is -0.210. The van der Waals surface area contributed by atoms with Crippen molar-refractivity contribution in [3.63, 3.8) is 0 Å². The van der Waals surface area contributed by atoms with Gasteiger partial charge in [0.05, 0.1) is 20.5 Å². The molecule has 146 valence electrons. The van der Waals surface area contributed by atoms with E-state index in [9.17, 15) is 13.2 Å². The van der Waals surface area contributed by atoms with Crippen molar-refractivity contribution in [3.8, 4) is 11.3 Å². The number of halogens is 3. The van der Waals surface area contributed by atoms with Crippen LogP contribution < -0.4 is 0 Å². The Morgan fingerprint density at radius 3 is 2.21 bits per heavy atom. The molecule has 0 atom stereocenters. The number of nitrogens with zero attached hydrogens (tertiary/aromatic N) is 2. The third-order valence-corrected chi connectivity index (χ3v) is 7.26. The molecule has 4 aromatic rings. The first-order valence-electron chi connectivity index (χ1n) is 8.86. The van der Waals surface area contributed by atoms with Crippen molar-refractivity contribution in [1.82, 2.24) is 9.97 Å². The molecule has 0 saturated heterocycles. The van der Waals surface area contributed by atoms with Gasteiger partial charge in [0.2, 0.25) is 0 Å². The van der Waals surface area contributed by atoms with Crippen LogP contribution in [0.25, 0.3) is 30.9 Å². The fraction of sp³-hybridized carbons (Fsp3) is 0.333. The minimum Gasteiger partial charge on any atom is -0.235 e. The largest absolute Gasteiger partial charge is 0.394 e. The van der Waals surface area contributed by atoms with Gasteiger partial charge in [0, 0.05) is 15.1 Å². The zero-order chi connectivity index (χ0) is 20.3. The number of benzene rings is 1. The molecule has 7 heteroatoms. The highest BCUT2D eigenvalue weighted by Gasteiger charge is 2.47. The summed E-state index contributed by atoms with van der Waals surface area (Å²) in [6.45, 7) is 6.60. The Balaban J connectivity index is 1.81. The lowest BCUT2D eigenvalue weighted by atomic mass is 9.88. The molecule has 3 heterocycles. The highest BCUT2D eigenvalue weighted by Crippen LogP contribution is 2.46. The fourth-order valence-corrected chi connectivity index (χ4v) is 6.15. The summed E-state index contributed by atoms with van der Waals surface area (Å²) in [4.78, 5) is 9.68. The zero-order valence-electron chi connectivity index (χ0n) is 15.9. The number of hydrogen-bond acceptors (Lipinski definition) is 4. The summed E-state index contributed by atoms with van der Waals surface area (Å²) in [7, 11) is 0. The summed E-state index contributed by atoms with van der Waals surface area (Å²) in [5.41, 5.74) is 3.31. The zero-order valence-corrected chi connectivity index (χ0v) is 17.6. The van der Waals surface area contributed by atoms with Gasteiger partial charge in [-0.15, -0.1) is 22.7 Å². The van der Waals surface area contributed by atoms with Crippen LogP contribution in [0.15, 0.2) is 30.6 Å². The van der Waals surface area contributed by atoms with Gasteiger partial charge in [-0.3, -0.25) is 0 Å². The Labute approximate surface area is 169 Å². The average Bonchev–Trinajstić information content (AvgIpc) is 3.09. The van der Waals surface area contributed by atoms with Crippen LogP contribution in [-0.4, -0.2) is 16.1 Å². The van der Waals surface area contributed by atoms with Crippen LogP contribution in [0.5, 0.6) is 0 Å². The summed E-state index contributed by atoms with van der Waals surface area (Å²) in [5.74, 6) is 0. The highest BCUT2D eigenvalue weighted by atomic mass is 32.1. The van der Waals surface area contributed by atoms with E-state index >= 15 is 0 Å². The van der Waals surface area contributed by atoms with Gasteiger partial charge in [-0.2, -0.15) is 13.2 Å². The third-order valence-electron chi connectivity index (χ3n) is 4.86. The molecule has 0 aliphatic carbocycles. The number of aromatic nitrogens is 2. The monoisotopic (exact) mass is 420 g/mol. The number of fused-ring (bicyclic) bond motifs is 3. The average molecular weight is 421 g/mol. The standard InChI is InChI=1S/C21H19F3N2S2/c1-11-5-12(2)7-13(6-11)16-19-17(26-10-25-16)18-15(28-19)8-14(27-18)9-20(3,4)21(22,23)24/h5-8,10H,9H2,1-4H3. The van der Waals surface area contributed by atoms with Crippen LogP contribution in [0.4, 0.5) is 13.2 Å². The topological polar surface area (TPSA) is 25.8 Å². The maximum Gasteiger partial charge on any atom is 0.394 e. The van der Waals surface area contributed by atoms with Gasteiger partial charge in [-0.25, -0.2) is 9.97 Å². The predicted molar refractivity (Wildman–Crippen MR) is 111 cm³/mol. The van der Waals surface area contributed by atoms with Gasteiger partial charge < -0.3 is 0 Å². The molecule has 0 fully saturated rings. The number of hydrogen-bond donors (Lipinski definition) is 0. The smallest absolute Gasteiger partial charge is 0.235 e. The van der Waals surface area contributed by atoms with Crippen molar-refractivity contribution in [3.05, 3.63) is 46.6 Å². The first-order valence-corrected chi connectivity index (χ1v) is 10.5. The first-order chi connectivity index (χ1) is 13.0. The van der Waals surface area contributed by atoms with Crippen LogP contribution >= 0.6 is 22.7 Å². The van der Waals surface area contributed by atoms with Crippen LogP contribution in [0.1, 0.15) is 29.9 Å². The quantitative estimate of drug-likeness (QED) is 0.347. The maximum absolute atomic E-state index is 13.2. The number of thiophene rings is 2. The molecule has 0 N–H and O–H groups in total. The van der Waals surface area contributed by atoms with E-state index in [1.54, 1.807) is 17.7 Å². The van der Waals surface area contributed by atoms with Crippen molar-refractivity contribution in [2.75, 3.05) is 0 Å².